The van der Waals surface area contributed by atoms with Gasteiger partial charge in [0.05, 0.1) is 18.1 Å². The molecule has 3 fully saturated rings. The second-order valence-electron chi connectivity index (χ2n) is 4.50. The number of rotatable bonds is 0. The van der Waals surface area contributed by atoms with E-state index in [1.165, 1.54) is 0 Å². The number of carbonyl (C=O) groups is 1. The minimum atomic E-state index is -0.464. The van der Waals surface area contributed by atoms with E-state index in [1.54, 1.807) is 0 Å². The molecule has 0 aromatic heterocycles. The number of ether oxygens (including phenoxy) is 1. The number of carbonyl (C=O) groups excluding carboxylic acids is 1. The van der Waals surface area contributed by atoms with Crippen molar-refractivity contribution in [3.8, 4) is 0 Å². The molecule has 2 spiro atoms. The summed E-state index contributed by atoms with van der Waals surface area (Å²) < 4.78 is 5.10. The van der Waals surface area contributed by atoms with Crippen LogP contribution in [0.15, 0.2) is 0 Å². The van der Waals surface area contributed by atoms with E-state index in [0.717, 1.165) is 25.7 Å². The van der Waals surface area contributed by atoms with E-state index >= 15 is 0 Å². The van der Waals surface area contributed by atoms with Crippen LogP contribution in [0.2, 0.25) is 0 Å². The Morgan fingerprint density at radius 1 is 1.33 bits per heavy atom. The Morgan fingerprint density at radius 3 is 2.50 bits per heavy atom. The zero-order chi connectivity index (χ0) is 8.40. The van der Waals surface area contributed by atoms with E-state index in [1.807, 2.05) is 0 Å². The average molecular weight is 168 g/mol. The van der Waals surface area contributed by atoms with Gasteiger partial charge in [-0.3, -0.25) is 4.79 Å². The van der Waals surface area contributed by atoms with Crippen molar-refractivity contribution in [3.05, 3.63) is 0 Å². The molecule has 12 heavy (non-hydrogen) atoms. The van der Waals surface area contributed by atoms with Gasteiger partial charge < -0.3 is 9.84 Å². The largest absolute Gasteiger partial charge is 0.464 e. The van der Waals surface area contributed by atoms with E-state index in [4.69, 9.17) is 4.74 Å². The lowest BCUT2D eigenvalue weighted by molar-refractivity contribution is -0.173. The molecule has 0 unspecified atom stereocenters. The Kier molecular flexibility index (Phi) is 0.971. The first kappa shape index (κ1) is 6.89. The highest BCUT2D eigenvalue weighted by Gasteiger charge is 2.69. The highest BCUT2D eigenvalue weighted by atomic mass is 16.5. The highest BCUT2D eigenvalue weighted by Crippen LogP contribution is 2.64. The summed E-state index contributed by atoms with van der Waals surface area (Å²) in [7, 11) is 0. The van der Waals surface area contributed by atoms with E-state index in [9.17, 15) is 9.90 Å². The molecule has 0 bridgehead atoms. The van der Waals surface area contributed by atoms with E-state index in [2.05, 4.69) is 0 Å². The fourth-order valence-electron chi connectivity index (χ4n) is 2.32. The average Bonchev–Trinajstić information content (AvgIpc) is 2.94. The van der Waals surface area contributed by atoms with Gasteiger partial charge in [-0.15, -0.1) is 0 Å². The van der Waals surface area contributed by atoms with Crippen molar-refractivity contribution >= 4 is 5.97 Å². The predicted octanol–water partition coefficient (Wildman–Crippen LogP) is 0.465. The molecule has 3 heteroatoms. The molecule has 2 aliphatic carbocycles. The highest BCUT2D eigenvalue weighted by molar-refractivity contribution is 5.82. The fourth-order valence-corrected chi connectivity index (χ4v) is 2.32. The summed E-state index contributed by atoms with van der Waals surface area (Å²) in [5.74, 6) is -0.160. The summed E-state index contributed by atoms with van der Waals surface area (Å²) in [5.41, 5.74) is -0.487. The van der Waals surface area contributed by atoms with Gasteiger partial charge in [0.1, 0.15) is 0 Å². The number of aliphatic hydroxyl groups excluding tert-OH is 1. The van der Waals surface area contributed by atoms with Gasteiger partial charge in [-0.25, -0.2) is 0 Å². The molecule has 1 saturated heterocycles. The van der Waals surface area contributed by atoms with Crippen LogP contribution in [0, 0.1) is 10.8 Å². The molecule has 1 aliphatic heterocycles. The Balaban J connectivity index is 1.95. The molecule has 2 saturated carbocycles. The van der Waals surface area contributed by atoms with Gasteiger partial charge in [0.25, 0.3) is 0 Å². The lowest BCUT2D eigenvalue weighted by atomic mass is 9.84. The van der Waals surface area contributed by atoms with Gasteiger partial charge in [0.2, 0.25) is 0 Å². The topological polar surface area (TPSA) is 46.5 Å². The van der Waals surface area contributed by atoms with Crippen LogP contribution >= 0.6 is 0 Å². The smallest absolute Gasteiger partial charge is 0.314 e. The van der Waals surface area contributed by atoms with Crippen molar-refractivity contribution in [2.75, 3.05) is 6.61 Å². The SMILES string of the molecule is O=C1OCC2(CC2)[C@H](O)C12CC2. The maximum atomic E-state index is 11.3. The second kappa shape index (κ2) is 1.69. The summed E-state index contributed by atoms with van der Waals surface area (Å²) >= 11 is 0. The molecule has 3 aliphatic rings. The summed E-state index contributed by atoms with van der Waals surface area (Å²) in [4.78, 5) is 11.3. The van der Waals surface area contributed by atoms with Crippen LogP contribution in [0.3, 0.4) is 0 Å². The van der Waals surface area contributed by atoms with Gasteiger partial charge in [-0.1, -0.05) is 0 Å². The van der Waals surface area contributed by atoms with E-state index in [0.29, 0.717) is 6.61 Å². The maximum absolute atomic E-state index is 11.3. The monoisotopic (exact) mass is 168 g/mol. The number of esters is 1. The van der Waals surface area contributed by atoms with Gasteiger partial charge in [0, 0.05) is 5.41 Å². The lowest BCUT2D eigenvalue weighted by Crippen LogP contribution is -2.46. The first-order chi connectivity index (χ1) is 5.70. The standard InChI is InChI=1S/C9H12O3/c10-6-8(1-2-8)5-12-7(11)9(6)3-4-9/h6,10H,1-5H2/t6-/m0/s1. The molecule has 66 valence electrons. The zero-order valence-electron chi connectivity index (χ0n) is 6.88. The summed E-state index contributed by atoms with van der Waals surface area (Å²) in [6.45, 7) is 0.453. The number of cyclic esters (lactones) is 1. The summed E-state index contributed by atoms with van der Waals surface area (Å²) in [6.07, 6.45) is 3.31. The molecule has 0 radical (unpaired) electrons. The molecular weight excluding hydrogens is 156 g/mol. The summed E-state index contributed by atoms with van der Waals surface area (Å²) in [6, 6.07) is 0. The molecule has 1 N–H and O–H groups in total. The molecule has 1 heterocycles. The van der Waals surface area contributed by atoms with Crippen LogP contribution in [-0.4, -0.2) is 23.8 Å². The van der Waals surface area contributed by atoms with Crippen molar-refractivity contribution < 1.29 is 14.6 Å². The van der Waals surface area contributed by atoms with Crippen LogP contribution in [-0.2, 0) is 9.53 Å². The molecule has 0 amide bonds. The van der Waals surface area contributed by atoms with Crippen LogP contribution in [0.4, 0.5) is 0 Å². The van der Waals surface area contributed by atoms with Crippen molar-refractivity contribution in [2.24, 2.45) is 10.8 Å². The van der Waals surface area contributed by atoms with Crippen molar-refractivity contribution in [2.45, 2.75) is 31.8 Å². The minimum Gasteiger partial charge on any atom is -0.464 e. The molecule has 3 rings (SSSR count). The zero-order valence-corrected chi connectivity index (χ0v) is 6.88. The number of aliphatic hydroxyl groups is 1. The Hall–Kier alpha value is -0.570. The predicted molar refractivity (Wildman–Crippen MR) is 40.3 cm³/mol. The van der Waals surface area contributed by atoms with Gasteiger partial charge in [0.15, 0.2) is 0 Å². The Labute approximate surface area is 70.7 Å². The first-order valence-corrected chi connectivity index (χ1v) is 4.55. The van der Waals surface area contributed by atoms with Crippen LogP contribution in [0.1, 0.15) is 25.7 Å². The van der Waals surface area contributed by atoms with E-state index < -0.39 is 11.5 Å². The third-order valence-corrected chi connectivity index (χ3v) is 3.68. The molecule has 3 nitrogen and oxygen atoms in total. The molecule has 0 aromatic carbocycles. The van der Waals surface area contributed by atoms with Gasteiger partial charge in [-0.05, 0) is 25.7 Å². The summed E-state index contributed by atoms with van der Waals surface area (Å²) in [5, 5.41) is 9.96. The van der Waals surface area contributed by atoms with E-state index in [-0.39, 0.29) is 11.4 Å². The van der Waals surface area contributed by atoms with Gasteiger partial charge in [-0.2, -0.15) is 0 Å². The maximum Gasteiger partial charge on any atom is 0.314 e. The van der Waals surface area contributed by atoms with Crippen LogP contribution in [0.25, 0.3) is 0 Å². The molecule has 1 atom stereocenters. The number of hydrogen-bond donors (Lipinski definition) is 1. The third-order valence-electron chi connectivity index (χ3n) is 3.68. The molecular formula is C9H12O3. The van der Waals surface area contributed by atoms with Gasteiger partial charge >= 0.3 is 5.97 Å². The van der Waals surface area contributed by atoms with Crippen molar-refractivity contribution in [1.29, 1.82) is 0 Å². The Bertz CT molecular complexity index is 250. The normalized spacial score (nSPS) is 39.8. The number of hydrogen-bond acceptors (Lipinski definition) is 3. The van der Waals surface area contributed by atoms with Crippen LogP contribution < -0.4 is 0 Å². The lowest BCUT2D eigenvalue weighted by Gasteiger charge is -2.33. The quantitative estimate of drug-likeness (QED) is 0.535. The van der Waals surface area contributed by atoms with Crippen molar-refractivity contribution in [3.63, 3.8) is 0 Å². The van der Waals surface area contributed by atoms with Crippen LogP contribution in [0.5, 0.6) is 0 Å². The van der Waals surface area contributed by atoms with Crippen molar-refractivity contribution in [1.82, 2.24) is 0 Å². The minimum absolute atomic E-state index is 0.0234. The second-order valence-corrected chi connectivity index (χ2v) is 4.50. The Morgan fingerprint density at radius 2 is 2.00 bits per heavy atom. The fraction of sp³-hybridized carbons (Fsp3) is 0.889. The first-order valence-electron chi connectivity index (χ1n) is 4.55. The molecule has 0 aromatic rings. The third kappa shape index (κ3) is 0.600.